The first-order valence-corrected chi connectivity index (χ1v) is 7.61. The number of ether oxygens (including phenoxy) is 1. The summed E-state index contributed by atoms with van der Waals surface area (Å²) in [5.41, 5.74) is 1.59. The highest BCUT2D eigenvalue weighted by molar-refractivity contribution is 6.21. The lowest BCUT2D eigenvalue weighted by Gasteiger charge is -2.19. The number of amides is 2. The van der Waals surface area contributed by atoms with Crippen molar-refractivity contribution in [2.75, 3.05) is 25.5 Å². The van der Waals surface area contributed by atoms with Crippen molar-refractivity contribution >= 4 is 17.5 Å². The number of β-amino-alcohol motifs (C(OH)–C–C–N with tert-alkyl or cyclic N) is 1. The zero-order chi connectivity index (χ0) is 17.1. The minimum Gasteiger partial charge on any atom is -0.497 e. The molecule has 0 aromatic heterocycles. The normalized spacial score (nSPS) is 14.5. The van der Waals surface area contributed by atoms with Gasteiger partial charge in [0.1, 0.15) is 5.75 Å². The second kappa shape index (κ2) is 6.72. The number of nitrogens with one attached hydrogen (secondary N) is 1. The van der Waals surface area contributed by atoms with Crippen LogP contribution in [0.3, 0.4) is 0 Å². The third kappa shape index (κ3) is 3.09. The van der Waals surface area contributed by atoms with E-state index in [4.69, 9.17) is 4.74 Å². The Morgan fingerprint density at radius 1 is 1.04 bits per heavy atom. The Balaban J connectivity index is 1.58. The number of aliphatic hydroxyl groups is 1. The van der Waals surface area contributed by atoms with Gasteiger partial charge in [-0.1, -0.05) is 12.1 Å². The highest BCUT2D eigenvalue weighted by atomic mass is 16.5. The average Bonchev–Trinajstić information content (AvgIpc) is 2.86. The standard InChI is InChI=1S/C18H18N2O4/c1-24-14-8-6-12(7-9-14)19-10-13(21)11-20-17(22)15-4-2-3-5-16(15)18(20)23/h2-9,13,19,21H,10-11H2,1H3/t13-/m1/s1. The lowest BCUT2D eigenvalue weighted by molar-refractivity contribution is 0.0558. The van der Waals surface area contributed by atoms with E-state index in [0.29, 0.717) is 11.1 Å². The Bertz CT molecular complexity index is 723. The fraction of sp³-hybridized carbons (Fsp3) is 0.222. The van der Waals surface area contributed by atoms with E-state index in [1.807, 2.05) is 12.1 Å². The van der Waals surface area contributed by atoms with Crippen LogP contribution in [0.5, 0.6) is 5.75 Å². The van der Waals surface area contributed by atoms with Gasteiger partial charge in [-0.2, -0.15) is 0 Å². The maximum absolute atomic E-state index is 12.2. The van der Waals surface area contributed by atoms with Gasteiger partial charge in [0.2, 0.25) is 0 Å². The van der Waals surface area contributed by atoms with Crippen molar-refractivity contribution in [2.45, 2.75) is 6.10 Å². The number of aliphatic hydroxyl groups excluding tert-OH is 1. The topological polar surface area (TPSA) is 78.9 Å². The molecule has 2 N–H and O–H groups in total. The number of fused-ring (bicyclic) bond motifs is 1. The first-order chi connectivity index (χ1) is 11.6. The molecule has 6 heteroatoms. The molecule has 124 valence electrons. The minimum atomic E-state index is -0.866. The average molecular weight is 326 g/mol. The molecule has 0 aliphatic carbocycles. The van der Waals surface area contributed by atoms with Gasteiger partial charge in [0.25, 0.3) is 11.8 Å². The van der Waals surface area contributed by atoms with Gasteiger partial charge < -0.3 is 15.2 Å². The molecular formula is C18H18N2O4. The molecule has 1 atom stereocenters. The summed E-state index contributed by atoms with van der Waals surface area (Å²) < 4.78 is 5.08. The summed E-state index contributed by atoms with van der Waals surface area (Å²) >= 11 is 0. The quantitative estimate of drug-likeness (QED) is 0.791. The molecule has 2 aromatic rings. The van der Waals surface area contributed by atoms with Gasteiger partial charge in [-0.15, -0.1) is 0 Å². The fourth-order valence-electron chi connectivity index (χ4n) is 2.62. The van der Waals surface area contributed by atoms with Crippen LogP contribution in [0.15, 0.2) is 48.5 Å². The smallest absolute Gasteiger partial charge is 0.261 e. The van der Waals surface area contributed by atoms with Gasteiger partial charge in [-0.25, -0.2) is 0 Å². The third-order valence-corrected chi connectivity index (χ3v) is 3.90. The molecule has 2 amide bonds. The molecule has 1 aliphatic rings. The molecule has 0 spiro atoms. The predicted octanol–water partition coefficient (Wildman–Crippen LogP) is 1.76. The Kier molecular flexibility index (Phi) is 4.48. The number of nitrogens with zero attached hydrogens (tertiary/aromatic N) is 1. The lowest BCUT2D eigenvalue weighted by atomic mass is 10.1. The van der Waals surface area contributed by atoms with Crippen LogP contribution in [0.4, 0.5) is 5.69 Å². The van der Waals surface area contributed by atoms with Crippen LogP contribution in [0.1, 0.15) is 20.7 Å². The summed E-state index contributed by atoms with van der Waals surface area (Å²) in [6.07, 6.45) is -0.866. The number of imide groups is 1. The van der Waals surface area contributed by atoms with Crippen molar-refractivity contribution in [2.24, 2.45) is 0 Å². The number of carbonyl (C=O) groups is 2. The number of methoxy groups -OCH3 is 1. The van der Waals surface area contributed by atoms with E-state index >= 15 is 0 Å². The van der Waals surface area contributed by atoms with Crippen LogP contribution in [-0.2, 0) is 0 Å². The summed E-state index contributed by atoms with van der Waals surface area (Å²) in [5.74, 6) is 0.0188. The fourth-order valence-corrected chi connectivity index (χ4v) is 2.62. The first kappa shape index (κ1) is 16.0. The Morgan fingerprint density at radius 3 is 2.17 bits per heavy atom. The third-order valence-electron chi connectivity index (χ3n) is 3.90. The Labute approximate surface area is 139 Å². The molecule has 2 aromatic carbocycles. The Morgan fingerprint density at radius 2 is 1.62 bits per heavy atom. The number of rotatable bonds is 6. The van der Waals surface area contributed by atoms with Crippen LogP contribution in [0, 0.1) is 0 Å². The van der Waals surface area contributed by atoms with Gasteiger partial charge >= 0.3 is 0 Å². The van der Waals surface area contributed by atoms with Gasteiger partial charge in [0.15, 0.2) is 0 Å². The molecule has 0 saturated heterocycles. The lowest BCUT2D eigenvalue weighted by Crippen LogP contribution is -2.39. The molecule has 6 nitrogen and oxygen atoms in total. The monoisotopic (exact) mass is 326 g/mol. The van der Waals surface area contributed by atoms with Crippen LogP contribution >= 0.6 is 0 Å². The molecule has 0 bridgehead atoms. The second-order valence-corrected chi connectivity index (χ2v) is 5.53. The summed E-state index contributed by atoms with van der Waals surface area (Å²) in [7, 11) is 1.59. The van der Waals surface area contributed by atoms with E-state index in [-0.39, 0.29) is 24.9 Å². The molecule has 0 fully saturated rings. The molecule has 0 radical (unpaired) electrons. The number of anilines is 1. The van der Waals surface area contributed by atoms with Crippen molar-refractivity contribution in [3.8, 4) is 5.75 Å². The Hall–Kier alpha value is -2.86. The highest BCUT2D eigenvalue weighted by Gasteiger charge is 2.35. The van der Waals surface area contributed by atoms with Gasteiger partial charge in [-0.3, -0.25) is 14.5 Å². The number of hydrogen-bond acceptors (Lipinski definition) is 5. The molecule has 24 heavy (non-hydrogen) atoms. The summed E-state index contributed by atoms with van der Waals surface area (Å²) in [5, 5.41) is 13.2. The van der Waals surface area contributed by atoms with Crippen molar-refractivity contribution in [1.29, 1.82) is 0 Å². The van der Waals surface area contributed by atoms with Crippen molar-refractivity contribution < 1.29 is 19.4 Å². The summed E-state index contributed by atoms with van der Waals surface area (Å²) in [6, 6.07) is 13.9. The van der Waals surface area contributed by atoms with Crippen LogP contribution in [-0.4, -0.2) is 48.1 Å². The maximum Gasteiger partial charge on any atom is 0.261 e. The van der Waals surface area contributed by atoms with E-state index in [1.54, 1.807) is 43.5 Å². The van der Waals surface area contributed by atoms with E-state index in [1.165, 1.54) is 0 Å². The zero-order valence-corrected chi connectivity index (χ0v) is 13.2. The van der Waals surface area contributed by atoms with Crippen LogP contribution < -0.4 is 10.1 Å². The maximum atomic E-state index is 12.2. The molecule has 0 saturated carbocycles. The van der Waals surface area contributed by atoms with E-state index in [9.17, 15) is 14.7 Å². The zero-order valence-electron chi connectivity index (χ0n) is 13.2. The van der Waals surface area contributed by atoms with E-state index in [0.717, 1.165) is 16.3 Å². The van der Waals surface area contributed by atoms with E-state index < -0.39 is 6.10 Å². The van der Waals surface area contributed by atoms with Crippen LogP contribution in [0.2, 0.25) is 0 Å². The number of hydrogen-bond donors (Lipinski definition) is 2. The first-order valence-electron chi connectivity index (χ1n) is 7.61. The minimum absolute atomic E-state index is 0.0461. The summed E-state index contributed by atoms with van der Waals surface area (Å²) in [4.78, 5) is 25.6. The van der Waals surface area contributed by atoms with Crippen molar-refractivity contribution in [3.05, 3.63) is 59.7 Å². The molecule has 0 unspecified atom stereocenters. The van der Waals surface area contributed by atoms with Crippen molar-refractivity contribution in [3.63, 3.8) is 0 Å². The highest BCUT2D eigenvalue weighted by Crippen LogP contribution is 2.22. The van der Waals surface area contributed by atoms with Crippen LogP contribution in [0.25, 0.3) is 0 Å². The largest absolute Gasteiger partial charge is 0.497 e. The number of benzene rings is 2. The SMILES string of the molecule is COc1ccc(NC[C@@H](O)CN2C(=O)c3ccccc3C2=O)cc1. The van der Waals surface area contributed by atoms with Gasteiger partial charge in [0, 0.05) is 12.2 Å². The van der Waals surface area contributed by atoms with Gasteiger partial charge in [0.05, 0.1) is 30.9 Å². The molecule has 1 heterocycles. The van der Waals surface area contributed by atoms with Crippen molar-refractivity contribution in [1.82, 2.24) is 4.90 Å². The molecular weight excluding hydrogens is 308 g/mol. The summed E-state index contributed by atoms with van der Waals surface area (Å²) in [6.45, 7) is 0.176. The van der Waals surface area contributed by atoms with E-state index in [2.05, 4.69) is 5.32 Å². The molecule has 3 rings (SSSR count). The predicted molar refractivity (Wildman–Crippen MR) is 89.3 cm³/mol. The second-order valence-electron chi connectivity index (χ2n) is 5.53. The van der Waals surface area contributed by atoms with Gasteiger partial charge in [-0.05, 0) is 36.4 Å². The number of carbonyl (C=O) groups excluding carboxylic acids is 2. The molecule has 1 aliphatic heterocycles.